The van der Waals surface area contributed by atoms with Crippen molar-refractivity contribution in [1.82, 2.24) is 0 Å². The summed E-state index contributed by atoms with van der Waals surface area (Å²) < 4.78 is 26.5. The molecule has 0 unspecified atom stereocenters. The second-order valence-electron chi connectivity index (χ2n) is 3.96. The molecule has 0 radical (unpaired) electrons. The van der Waals surface area contributed by atoms with E-state index in [0.717, 1.165) is 5.56 Å². The average Bonchev–Trinajstić information content (AvgIpc) is 2.44. The lowest BCUT2D eigenvalue weighted by atomic mass is 10.2. The van der Waals surface area contributed by atoms with Crippen LogP contribution in [0.1, 0.15) is 12.0 Å². The minimum Gasteiger partial charge on any atom is -0.376 e. The smallest absolute Gasteiger partial charge is 0.337 e. The number of ether oxygens (including phenoxy) is 1. The first kappa shape index (κ1) is 16.1. The minimum absolute atomic E-state index is 0.194. The summed E-state index contributed by atoms with van der Waals surface area (Å²) in [5, 5.41) is 0. The molecule has 1 aromatic carbocycles. The van der Waals surface area contributed by atoms with Crippen molar-refractivity contribution in [2.24, 2.45) is 0 Å². The van der Waals surface area contributed by atoms with Crippen molar-refractivity contribution >= 4 is 13.4 Å². The minimum atomic E-state index is -3.25. The van der Waals surface area contributed by atoms with E-state index >= 15 is 0 Å². The van der Waals surface area contributed by atoms with Gasteiger partial charge in [0.15, 0.2) is 0 Å². The number of ketones is 1. The van der Waals surface area contributed by atoms with Crippen LogP contribution < -0.4 is 0 Å². The highest BCUT2D eigenvalue weighted by atomic mass is 31.2. The quantitative estimate of drug-likeness (QED) is 0.516. The van der Waals surface area contributed by atoms with Crippen LogP contribution in [0.3, 0.4) is 0 Å². The molecule has 1 rings (SSSR count). The predicted octanol–water partition coefficient (Wildman–Crippen LogP) is 2.65. The SMILES string of the molecule is COP(=O)(CC(=O)CCOCc1ccccc1)OC. The van der Waals surface area contributed by atoms with Crippen LogP contribution in [0, 0.1) is 0 Å². The summed E-state index contributed by atoms with van der Waals surface area (Å²) in [7, 11) is -0.714. The highest BCUT2D eigenvalue weighted by Gasteiger charge is 2.24. The van der Waals surface area contributed by atoms with E-state index in [1.807, 2.05) is 30.3 Å². The third kappa shape index (κ3) is 6.12. The molecule has 0 N–H and O–H groups in total. The van der Waals surface area contributed by atoms with Crippen molar-refractivity contribution in [2.45, 2.75) is 13.0 Å². The van der Waals surface area contributed by atoms with E-state index in [9.17, 15) is 9.36 Å². The average molecular weight is 286 g/mol. The highest BCUT2D eigenvalue weighted by molar-refractivity contribution is 7.54. The summed E-state index contributed by atoms with van der Waals surface area (Å²) in [6.45, 7) is 0.751. The van der Waals surface area contributed by atoms with Crippen molar-refractivity contribution < 1.29 is 23.1 Å². The van der Waals surface area contributed by atoms with Crippen molar-refractivity contribution in [1.29, 1.82) is 0 Å². The molecule has 0 bridgehead atoms. The summed E-state index contributed by atoms with van der Waals surface area (Å²) in [6, 6.07) is 9.69. The van der Waals surface area contributed by atoms with Gasteiger partial charge in [-0.2, -0.15) is 0 Å². The number of carbonyl (C=O) groups is 1. The van der Waals surface area contributed by atoms with Gasteiger partial charge in [0.1, 0.15) is 11.9 Å². The van der Waals surface area contributed by atoms with Gasteiger partial charge in [0.05, 0.1) is 13.2 Å². The van der Waals surface area contributed by atoms with Gasteiger partial charge in [-0.3, -0.25) is 9.36 Å². The third-order valence-corrected chi connectivity index (χ3v) is 4.42. The first-order chi connectivity index (χ1) is 9.09. The summed E-state index contributed by atoms with van der Waals surface area (Å²) >= 11 is 0. The first-order valence-corrected chi connectivity index (χ1v) is 7.66. The Labute approximate surface area is 113 Å². The standard InChI is InChI=1S/C13H19O5P/c1-16-19(15,17-2)11-13(14)8-9-18-10-12-6-4-3-5-7-12/h3-7H,8-11H2,1-2H3. The van der Waals surface area contributed by atoms with Crippen LogP contribution in [0.2, 0.25) is 0 Å². The van der Waals surface area contributed by atoms with E-state index < -0.39 is 7.60 Å². The Morgan fingerprint density at radius 3 is 2.37 bits per heavy atom. The van der Waals surface area contributed by atoms with Crippen LogP contribution in [-0.4, -0.2) is 32.8 Å². The Morgan fingerprint density at radius 1 is 1.16 bits per heavy atom. The number of rotatable bonds is 9. The normalized spacial score (nSPS) is 11.5. The zero-order valence-electron chi connectivity index (χ0n) is 11.2. The van der Waals surface area contributed by atoms with Crippen molar-refractivity contribution in [2.75, 3.05) is 27.0 Å². The van der Waals surface area contributed by atoms with E-state index in [4.69, 9.17) is 13.8 Å². The van der Waals surface area contributed by atoms with E-state index in [-0.39, 0.29) is 18.4 Å². The molecule has 0 aliphatic rings. The molecule has 0 aliphatic carbocycles. The molecular weight excluding hydrogens is 267 g/mol. The van der Waals surface area contributed by atoms with Gasteiger partial charge in [-0.05, 0) is 5.56 Å². The topological polar surface area (TPSA) is 61.8 Å². The fraction of sp³-hybridized carbons (Fsp3) is 0.462. The van der Waals surface area contributed by atoms with Crippen LogP contribution in [0.15, 0.2) is 30.3 Å². The Hall–Kier alpha value is -1.00. The molecule has 0 fully saturated rings. The van der Waals surface area contributed by atoms with E-state index in [1.54, 1.807) is 0 Å². The maximum absolute atomic E-state index is 11.7. The first-order valence-electron chi connectivity index (χ1n) is 5.93. The van der Waals surface area contributed by atoms with Crippen molar-refractivity contribution in [3.8, 4) is 0 Å². The van der Waals surface area contributed by atoms with Crippen LogP contribution in [0.25, 0.3) is 0 Å². The van der Waals surface area contributed by atoms with E-state index in [2.05, 4.69) is 0 Å². The maximum Gasteiger partial charge on any atom is 0.337 e. The Balaban J connectivity index is 2.23. The Kier molecular flexibility index (Phi) is 6.95. The van der Waals surface area contributed by atoms with Crippen molar-refractivity contribution in [3.05, 3.63) is 35.9 Å². The molecule has 106 valence electrons. The Bertz CT molecular complexity index is 424. The fourth-order valence-electron chi connectivity index (χ4n) is 1.45. The molecule has 0 saturated heterocycles. The van der Waals surface area contributed by atoms with Gasteiger partial charge in [0.25, 0.3) is 0 Å². The highest BCUT2D eigenvalue weighted by Crippen LogP contribution is 2.46. The number of benzene rings is 1. The Morgan fingerprint density at radius 2 is 1.79 bits per heavy atom. The zero-order chi connectivity index (χ0) is 14.1. The number of hydrogen-bond acceptors (Lipinski definition) is 5. The van der Waals surface area contributed by atoms with Gasteiger partial charge < -0.3 is 13.8 Å². The molecule has 6 heteroatoms. The monoisotopic (exact) mass is 286 g/mol. The molecule has 0 amide bonds. The van der Waals surface area contributed by atoms with Crippen molar-refractivity contribution in [3.63, 3.8) is 0 Å². The lowest BCUT2D eigenvalue weighted by Gasteiger charge is -2.12. The number of carbonyl (C=O) groups excluding carboxylic acids is 1. The molecule has 1 aromatic rings. The summed E-state index contributed by atoms with van der Waals surface area (Å²) in [4.78, 5) is 11.6. The van der Waals surface area contributed by atoms with Crippen LogP contribution in [0.4, 0.5) is 0 Å². The summed E-state index contributed by atoms with van der Waals surface area (Å²) in [5.74, 6) is -0.194. The largest absolute Gasteiger partial charge is 0.376 e. The van der Waals surface area contributed by atoms with Gasteiger partial charge in [0.2, 0.25) is 0 Å². The van der Waals surface area contributed by atoms with Crippen LogP contribution in [0.5, 0.6) is 0 Å². The molecule has 0 atom stereocenters. The lowest BCUT2D eigenvalue weighted by molar-refractivity contribution is -0.118. The van der Waals surface area contributed by atoms with E-state index in [0.29, 0.717) is 13.2 Å². The summed E-state index contributed by atoms with van der Waals surface area (Å²) in [5.41, 5.74) is 1.05. The molecule has 0 aromatic heterocycles. The van der Waals surface area contributed by atoms with E-state index in [1.165, 1.54) is 14.2 Å². The molecule has 0 saturated carbocycles. The van der Waals surface area contributed by atoms with Crippen LogP contribution >= 0.6 is 7.60 Å². The zero-order valence-corrected chi connectivity index (χ0v) is 12.1. The molecule has 5 nitrogen and oxygen atoms in total. The second kappa shape index (κ2) is 8.23. The van der Waals surface area contributed by atoms with Gasteiger partial charge in [0, 0.05) is 20.6 Å². The third-order valence-electron chi connectivity index (χ3n) is 2.56. The lowest BCUT2D eigenvalue weighted by Crippen LogP contribution is -2.10. The van der Waals surface area contributed by atoms with Gasteiger partial charge in [-0.25, -0.2) is 0 Å². The molecule has 0 aliphatic heterocycles. The fourth-order valence-corrected chi connectivity index (χ4v) is 2.45. The van der Waals surface area contributed by atoms with Gasteiger partial charge in [-0.1, -0.05) is 30.3 Å². The molecule has 0 heterocycles. The predicted molar refractivity (Wildman–Crippen MR) is 72.2 cm³/mol. The second-order valence-corrected chi connectivity index (χ2v) is 6.23. The van der Waals surface area contributed by atoms with Gasteiger partial charge in [-0.15, -0.1) is 0 Å². The molecule has 19 heavy (non-hydrogen) atoms. The molecular formula is C13H19O5P. The molecule has 0 spiro atoms. The van der Waals surface area contributed by atoms with Crippen LogP contribution in [-0.2, 0) is 29.8 Å². The number of hydrogen-bond donors (Lipinski definition) is 0. The number of Topliss-reactive ketones (excluding diaryl/α,β-unsaturated/α-hetero) is 1. The maximum atomic E-state index is 11.7. The summed E-state index contributed by atoms with van der Waals surface area (Å²) in [6.07, 6.45) is -0.0156. The van der Waals surface area contributed by atoms with Gasteiger partial charge >= 0.3 is 7.60 Å².